The third-order valence-electron chi connectivity index (χ3n) is 10.8. The highest BCUT2D eigenvalue weighted by atomic mass is 31.2. The van der Waals surface area contributed by atoms with Crippen LogP contribution in [0.5, 0.6) is 0 Å². The standard InChI is InChI=1S/C41H79O20P3/c1-3-5-6-7-8-9-10-11-12-15-19-22-25-29-35(44)58-33(30-56-34(43)28-24-21-18-16-13-14-17-20-23-27-32(42)26-4-2)31-57-64(54,55)61-41-37(46)39(59-62(48,49)50)36(45)40(38(41)47)60-63(51,52)53/h33,36-41,45-47H,3-31H2,1-2H3,(H,54,55)(H2,48,49,50)(H2,51,52,53)/t33-,36?,37-,38?,39-,40+,41?/m1/s1. The SMILES string of the molecule is CCCCCCCCCCCCCCCC(=O)O[C@H](COC(=O)CCCCCCCCCCCC(=O)CCC)COP(=O)(O)OC1C(O)[C@@H](OP(=O)(O)O)C(O)[C@@H](OP(=O)(O)O)[C@H]1O. The summed E-state index contributed by atoms with van der Waals surface area (Å²) in [4.78, 5) is 84.8. The second-order valence-corrected chi connectivity index (χ2v) is 20.5. The fraction of sp³-hybridized carbons (Fsp3) is 0.927. The summed E-state index contributed by atoms with van der Waals surface area (Å²) in [6.45, 7) is 2.66. The van der Waals surface area contributed by atoms with Crippen molar-refractivity contribution in [3.8, 4) is 0 Å². The Morgan fingerprint density at radius 1 is 0.453 bits per heavy atom. The van der Waals surface area contributed by atoms with Gasteiger partial charge in [0.2, 0.25) is 0 Å². The van der Waals surface area contributed by atoms with E-state index in [1.165, 1.54) is 44.9 Å². The van der Waals surface area contributed by atoms with E-state index in [1.807, 2.05) is 6.92 Å². The van der Waals surface area contributed by atoms with Crippen molar-refractivity contribution in [3.05, 3.63) is 0 Å². The number of rotatable bonds is 40. The van der Waals surface area contributed by atoms with Crippen molar-refractivity contribution >= 4 is 41.2 Å². The molecule has 1 rings (SSSR count). The number of carbonyl (C=O) groups is 3. The van der Waals surface area contributed by atoms with E-state index in [-0.39, 0.29) is 12.8 Å². The minimum atomic E-state index is -5.55. The zero-order valence-electron chi connectivity index (χ0n) is 37.9. The number of ketones is 1. The van der Waals surface area contributed by atoms with Crippen LogP contribution in [0.4, 0.5) is 0 Å². The summed E-state index contributed by atoms with van der Waals surface area (Å²) in [5.41, 5.74) is 0. The van der Waals surface area contributed by atoms with E-state index in [4.69, 9.17) is 18.5 Å². The largest absolute Gasteiger partial charge is 0.472 e. The van der Waals surface area contributed by atoms with E-state index >= 15 is 0 Å². The third kappa shape index (κ3) is 30.3. The first-order valence-electron chi connectivity index (χ1n) is 23.2. The molecule has 20 nitrogen and oxygen atoms in total. The molecule has 0 aromatic carbocycles. The Morgan fingerprint density at radius 3 is 1.20 bits per heavy atom. The molecule has 1 aliphatic carbocycles. The second-order valence-electron chi connectivity index (χ2n) is 16.7. The van der Waals surface area contributed by atoms with Crippen LogP contribution in [0.3, 0.4) is 0 Å². The molecule has 1 aliphatic rings. The van der Waals surface area contributed by atoms with Crippen molar-refractivity contribution in [2.75, 3.05) is 13.2 Å². The number of hydrogen-bond donors (Lipinski definition) is 8. The number of hydrogen-bond acceptors (Lipinski definition) is 15. The van der Waals surface area contributed by atoms with Crippen molar-refractivity contribution in [3.63, 3.8) is 0 Å². The Bertz CT molecular complexity index is 1390. The van der Waals surface area contributed by atoms with Gasteiger partial charge >= 0.3 is 35.4 Å². The van der Waals surface area contributed by atoms with E-state index < -0.39 is 91.3 Å². The summed E-state index contributed by atoms with van der Waals surface area (Å²) in [6.07, 6.45) is 8.27. The van der Waals surface area contributed by atoms with Crippen molar-refractivity contribution in [2.45, 2.75) is 230 Å². The molecular weight excluding hydrogens is 905 g/mol. The molecule has 0 amide bonds. The lowest BCUT2D eigenvalue weighted by molar-refractivity contribution is -0.213. The minimum Gasteiger partial charge on any atom is -0.462 e. The van der Waals surface area contributed by atoms with Gasteiger partial charge in [-0.05, 0) is 25.7 Å². The first-order valence-corrected chi connectivity index (χ1v) is 27.8. The Labute approximate surface area is 378 Å². The predicted molar refractivity (Wildman–Crippen MR) is 234 cm³/mol. The molecule has 4 unspecified atom stereocenters. The summed E-state index contributed by atoms with van der Waals surface area (Å²) in [5.74, 6) is -1.02. The lowest BCUT2D eigenvalue weighted by Crippen LogP contribution is -2.65. The first kappa shape index (κ1) is 60.8. The zero-order chi connectivity index (χ0) is 48.0. The maximum atomic E-state index is 13.1. The zero-order valence-corrected chi connectivity index (χ0v) is 40.5. The van der Waals surface area contributed by atoms with E-state index in [9.17, 15) is 67.9 Å². The predicted octanol–water partition coefficient (Wildman–Crippen LogP) is 7.14. The lowest BCUT2D eigenvalue weighted by atomic mass is 9.85. The Morgan fingerprint density at radius 2 is 0.812 bits per heavy atom. The van der Waals surface area contributed by atoms with E-state index in [1.54, 1.807) is 0 Å². The molecular formula is C41H79O20P3. The van der Waals surface area contributed by atoms with Gasteiger partial charge in [-0.25, -0.2) is 13.7 Å². The summed E-state index contributed by atoms with van der Waals surface area (Å²) >= 11 is 0. The van der Waals surface area contributed by atoms with Crippen molar-refractivity contribution in [2.24, 2.45) is 0 Å². The van der Waals surface area contributed by atoms with Crippen LogP contribution in [0.25, 0.3) is 0 Å². The lowest BCUT2D eigenvalue weighted by Gasteiger charge is -2.44. The maximum absolute atomic E-state index is 13.1. The number of ether oxygens (including phenoxy) is 2. The van der Waals surface area contributed by atoms with Crippen LogP contribution in [-0.4, -0.2) is 113 Å². The third-order valence-corrected chi connectivity index (χ3v) is 12.8. The van der Waals surface area contributed by atoms with Gasteiger partial charge in [-0.3, -0.25) is 32.5 Å². The molecule has 378 valence electrons. The Hall–Kier alpha value is -1.18. The van der Waals surface area contributed by atoms with Crippen LogP contribution in [0.1, 0.15) is 187 Å². The molecule has 0 saturated heterocycles. The topological polar surface area (TPSA) is 320 Å². The molecule has 0 aromatic heterocycles. The average molecular weight is 985 g/mol. The van der Waals surface area contributed by atoms with E-state index in [2.05, 4.69) is 16.0 Å². The highest BCUT2D eigenvalue weighted by Crippen LogP contribution is 2.51. The van der Waals surface area contributed by atoms with E-state index in [0.29, 0.717) is 31.5 Å². The molecule has 8 atom stereocenters. The quantitative estimate of drug-likeness (QED) is 0.0172. The number of phosphoric acid groups is 3. The van der Waals surface area contributed by atoms with Crippen LogP contribution in [0.15, 0.2) is 0 Å². The second kappa shape index (κ2) is 34.2. The van der Waals surface area contributed by atoms with Crippen LogP contribution in [0.2, 0.25) is 0 Å². The molecule has 8 N–H and O–H groups in total. The summed E-state index contributed by atoms with van der Waals surface area (Å²) in [6, 6.07) is 0. The smallest absolute Gasteiger partial charge is 0.462 e. The van der Waals surface area contributed by atoms with Gasteiger partial charge < -0.3 is 49.3 Å². The van der Waals surface area contributed by atoms with Gasteiger partial charge in [0.05, 0.1) is 6.61 Å². The fourth-order valence-corrected chi connectivity index (χ4v) is 9.46. The number of aliphatic hydroxyl groups is 3. The number of Topliss-reactive ketones (excluding diaryl/α,β-unsaturated/α-hetero) is 1. The Kier molecular flexibility index (Phi) is 32.5. The number of esters is 2. The van der Waals surface area contributed by atoms with Gasteiger partial charge in [0, 0.05) is 25.7 Å². The summed E-state index contributed by atoms with van der Waals surface area (Å²) in [7, 11) is -16.6. The molecule has 1 fully saturated rings. The molecule has 23 heteroatoms. The average Bonchev–Trinajstić information content (AvgIpc) is 3.21. The highest BCUT2D eigenvalue weighted by Gasteiger charge is 2.56. The molecule has 0 aliphatic heterocycles. The number of unbranched alkanes of at least 4 members (excludes halogenated alkanes) is 20. The summed E-state index contributed by atoms with van der Waals surface area (Å²) < 4.78 is 65.4. The molecule has 0 aromatic rings. The Balaban J connectivity index is 2.76. The highest BCUT2D eigenvalue weighted by molar-refractivity contribution is 7.47. The molecule has 0 spiro atoms. The summed E-state index contributed by atoms with van der Waals surface area (Å²) in [5, 5.41) is 31.8. The molecule has 0 radical (unpaired) electrons. The number of carbonyl (C=O) groups excluding carboxylic acids is 3. The minimum absolute atomic E-state index is 0.0151. The molecule has 1 saturated carbocycles. The molecule has 0 bridgehead atoms. The van der Waals surface area contributed by atoms with Gasteiger partial charge in [0.1, 0.15) is 49.0 Å². The van der Waals surface area contributed by atoms with Crippen LogP contribution in [-0.2, 0) is 55.6 Å². The number of aliphatic hydroxyl groups excluding tert-OH is 3. The van der Waals surface area contributed by atoms with Crippen LogP contribution < -0.4 is 0 Å². The first-order chi connectivity index (χ1) is 30.2. The van der Waals surface area contributed by atoms with Crippen LogP contribution in [0, 0.1) is 0 Å². The van der Waals surface area contributed by atoms with Crippen molar-refractivity contribution in [1.82, 2.24) is 0 Å². The monoisotopic (exact) mass is 984 g/mol. The van der Waals surface area contributed by atoms with Gasteiger partial charge in [0.15, 0.2) is 6.10 Å². The van der Waals surface area contributed by atoms with Crippen molar-refractivity contribution < 1.29 is 95.4 Å². The van der Waals surface area contributed by atoms with Gasteiger partial charge in [-0.1, -0.05) is 136 Å². The molecule has 0 heterocycles. The van der Waals surface area contributed by atoms with Crippen molar-refractivity contribution in [1.29, 1.82) is 0 Å². The molecule has 64 heavy (non-hydrogen) atoms. The number of phosphoric ester groups is 3. The van der Waals surface area contributed by atoms with Gasteiger partial charge in [0.25, 0.3) is 0 Å². The fourth-order valence-electron chi connectivity index (χ4n) is 7.36. The maximum Gasteiger partial charge on any atom is 0.472 e. The van der Waals surface area contributed by atoms with Gasteiger partial charge in [-0.15, -0.1) is 0 Å². The van der Waals surface area contributed by atoms with Crippen LogP contribution >= 0.6 is 23.5 Å². The van der Waals surface area contributed by atoms with E-state index in [0.717, 1.165) is 89.9 Å². The van der Waals surface area contributed by atoms with Gasteiger partial charge in [-0.2, -0.15) is 0 Å². The normalized spacial score (nSPS) is 21.9.